The smallest absolute Gasteiger partial charge is 0.323 e. The molecule has 0 aliphatic carbocycles. The van der Waals surface area contributed by atoms with Crippen molar-refractivity contribution in [1.82, 2.24) is 10.2 Å². The summed E-state index contributed by atoms with van der Waals surface area (Å²) in [5.41, 5.74) is 2.21. The van der Waals surface area contributed by atoms with E-state index < -0.39 is 5.97 Å². The predicted octanol–water partition coefficient (Wildman–Crippen LogP) is 2.45. The van der Waals surface area contributed by atoms with Gasteiger partial charge < -0.3 is 15.3 Å². The van der Waals surface area contributed by atoms with Crippen LogP contribution in [-0.2, 0) is 11.3 Å². The minimum Gasteiger partial charge on any atom is -0.480 e. The Hall–Kier alpha value is -1.56. The molecule has 0 saturated heterocycles. The molecule has 2 N–H and O–H groups in total. The molecule has 0 aromatic carbocycles. The molecule has 0 saturated carbocycles. The summed E-state index contributed by atoms with van der Waals surface area (Å²) in [6.07, 6.45) is 0.720. The lowest BCUT2D eigenvalue weighted by Gasteiger charge is -2.27. The van der Waals surface area contributed by atoms with Crippen LogP contribution in [0, 0.1) is 6.92 Å². The normalized spacial score (nSPS) is 11.9. The van der Waals surface area contributed by atoms with Crippen LogP contribution in [0.2, 0.25) is 0 Å². The molecule has 106 valence electrons. The van der Waals surface area contributed by atoms with Gasteiger partial charge in [-0.05, 0) is 42.2 Å². The summed E-state index contributed by atoms with van der Waals surface area (Å²) in [7, 11) is 0. The summed E-state index contributed by atoms with van der Waals surface area (Å²) in [6, 6.07) is -0.429. The largest absolute Gasteiger partial charge is 0.480 e. The molecule has 0 radical (unpaired) electrons. The monoisotopic (exact) mass is 284 g/mol. The van der Waals surface area contributed by atoms with Crippen molar-refractivity contribution in [2.45, 2.75) is 39.8 Å². The molecule has 1 aromatic heterocycles. The average Bonchev–Trinajstić information content (AvgIpc) is 2.77. The van der Waals surface area contributed by atoms with E-state index in [9.17, 15) is 9.59 Å². The van der Waals surface area contributed by atoms with Crippen LogP contribution in [0.5, 0.6) is 0 Å². The average molecular weight is 284 g/mol. The molecule has 0 aliphatic rings. The van der Waals surface area contributed by atoms with Gasteiger partial charge in [0.25, 0.3) is 0 Å². The highest BCUT2D eigenvalue weighted by Gasteiger charge is 2.21. The summed E-state index contributed by atoms with van der Waals surface area (Å²) in [6.45, 7) is 5.92. The highest BCUT2D eigenvalue weighted by Crippen LogP contribution is 2.13. The number of thiophene rings is 1. The lowest BCUT2D eigenvalue weighted by atomic mass is 10.2. The van der Waals surface area contributed by atoms with Crippen molar-refractivity contribution in [3.05, 3.63) is 21.9 Å². The van der Waals surface area contributed by atoms with Crippen molar-refractivity contribution in [2.24, 2.45) is 0 Å². The molecular formula is C13H20N2O3S. The van der Waals surface area contributed by atoms with Gasteiger partial charge in [0.15, 0.2) is 0 Å². The van der Waals surface area contributed by atoms with Crippen LogP contribution in [0.25, 0.3) is 0 Å². The van der Waals surface area contributed by atoms with Gasteiger partial charge in [0.05, 0.1) is 0 Å². The molecule has 1 unspecified atom stereocenters. The Morgan fingerprint density at radius 2 is 2.16 bits per heavy atom. The first-order valence-electron chi connectivity index (χ1n) is 6.23. The predicted molar refractivity (Wildman–Crippen MR) is 75.4 cm³/mol. The SMILES string of the molecule is CCC(C)N(CC(=O)O)C(=O)NCc1cscc1C. The highest BCUT2D eigenvalue weighted by atomic mass is 32.1. The first kappa shape index (κ1) is 15.5. The van der Waals surface area contributed by atoms with Crippen molar-refractivity contribution in [3.63, 3.8) is 0 Å². The first-order chi connectivity index (χ1) is 8.95. The molecule has 0 aliphatic heterocycles. The molecule has 0 spiro atoms. The van der Waals surface area contributed by atoms with E-state index in [1.807, 2.05) is 31.5 Å². The molecule has 6 heteroatoms. The van der Waals surface area contributed by atoms with Gasteiger partial charge in [0, 0.05) is 12.6 Å². The van der Waals surface area contributed by atoms with Crippen molar-refractivity contribution in [2.75, 3.05) is 6.54 Å². The van der Waals surface area contributed by atoms with Crippen molar-refractivity contribution < 1.29 is 14.7 Å². The minimum absolute atomic E-state index is 0.0975. The maximum Gasteiger partial charge on any atom is 0.323 e. The van der Waals surface area contributed by atoms with Gasteiger partial charge in [0.2, 0.25) is 0 Å². The van der Waals surface area contributed by atoms with E-state index in [-0.39, 0.29) is 18.6 Å². The lowest BCUT2D eigenvalue weighted by molar-refractivity contribution is -0.138. The van der Waals surface area contributed by atoms with Gasteiger partial charge in [-0.2, -0.15) is 11.3 Å². The Labute approximate surface area is 117 Å². The molecule has 2 amide bonds. The summed E-state index contributed by atoms with van der Waals surface area (Å²) >= 11 is 1.59. The Kier molecular flexibility index (Phi) is 5.82. The number of nitrogens with zero attached hydrogens (tertiary/aromatic N) is 1. The summed E-state index contributed by atoms with van der Waals surface area (Å²) in [5.74, 6) is -0.998. The molecule has 1 atom stereocenters. The number of carboxylic acid groups (broad SMARTS) is 1. The number of amides is 2. The van der Waals surface area contributed by atoms with Gasteiger partial charge in [-0.3, -0.25) is 4.79 Å². The molecule has 1 rings (SSSR count). The number of hydrogen-bond donors (Lipinski definition) is 2. The highest BCUT2D eigenvalue weighted by molar-refractivity contribution is 7.08. The van der Waals surface area contributed by atoms with E-state index in [2.05, 4.69) is 5.32 Å². The standard InChI is InChI=1S/C13H20N2O3S/c1-4-10(3)15(6-12(16)17)13(18)14-5-11-8-19-7-9(11)2/h7-8,10H,4-6H2,1-3H3,(H,14,18)(H,16,17). The van der Waals surface area contributed by atoms with Crippen LogP contribution in [0.1, 0.15) is 31.4 Å². The number of aryl methyl sites for hydroxylation is 1. The van der Waals surface area contributed by atoms with Crippen molar-refractivity contribution >= 4 is 23.3 Å². The molecule has 0 bridgehead atoms. The molecule has 0 fully saturated rings. The zero-order valence-electron chi connectivity index (χ0n) is 11.5. The second kappa shape index (κ2) is 7.13. The second-order valence-electron chi connectivity index (χ2n) is 4.52. The fourth-order valence-electron chi connectivity index (χ4n) is 1.63. The maximum absolute atomic E-state index is 12.0. The van der Waals surface area contributed by atoms with Crippen LogP contribution < -0.4 is 5.32 Å². The van der Waals surface area contributed by atoms with Crippen molar-refractivity contribution in [3.8, 4) is 0 Å². The van der Waals surface area contributed by atoms with Crippen LogP contribution >= 0.6 is 11.3 Å². The van der Waals surface area contributed by atoms with Gasteiger partial charge in [-0.1, -0.05) is 6.92 Å². The first-order valence-corrected chi connectivity index (χ1v) is 7.17. The van der Waals surface area contributed by atoms with Gasteiger partial charge in [-0.25, -0.2) is 4.79 Å². The lowest BCUT2D eigenvalue weighted by Crippen LogP contribution is -2.47. The maximum atomic E-state index is 12.0. The van der Waals surface area contributed by atoms with Gasteiger partial charge in [0.1, 0.15) is 6.54 Å². The fourth-order valence-corrected chi connectivity index (χ4v) is 2.49. The summed E-state index contributed by atoms with van der Waals surface area (Å²) in [4.78, 5) is 24.2. The number of carbonyl (C=O) groups is 2. The Morgan fingerprint density at radius 3 is 2.63 bits per heavy atom. The molecule has 1 heterocycles. The third kappa shape index (κ3) is 4.55. The number of rotatable bonds is 6. The molecule has 5 nitrogen and oxygen atoms in total. The molecular weight excluding hydrogens is 264 g/mol. The van der Waals surface area contributed by atoms with E-state index in [4.69, 9.17) is 5.11 Å². The molecule has 19 heavy (non-hydrogen) atoms. The zero-order valence-corrected chi connectivity index (χ0v) is 12.3. The zero-order chi connectivity index (χ0) is 14.4. The number of carbonyl (C=O) groups excluding carboxylic acids is 1. The topological polar surface area (TPSA) is 69.6 Å². The number of hydrogen-bond acceptors (Lipinski definition) is 3. The van der Waals surface area contributed by atoms with E-state index in [1.54, 1.807) is 11.3 Å². The van der Waals surface area contributed by atoms with Gasteiger partial charge >= 0.3 is 12.0 Å². The van der Waals surface area contributed by atoms with E-state index in [1.165, 1.54) is 4.90 Å². The third-order valence-corrected chi connectivity index (χ3v) is 3.99. The third-order valence-electron chi connectivity index (χ3n) is 3.08. The van der Waals surface area contributed by atoms with Crippen molar-refractivity contribution in [1.29, 1.82) is 0 Å². The Balaban J connectivity index is 2.61. The molecule has 1 aromatic rings. The number of nitrogens with one attached hydrogen (secondary N) is 1. The van der Waals surface area contributed by atoms with Crippen LogP contribution in [-0.4, -0.2) is 34.6 Å². The number of aliphatic carboxylic acids is 1. The summed E-state index contributed by atoms with van der Waals surface area (Å²) < 4.78 is 0. The van der Waals surface area contributed by atoms with Gasteiger partial charge in [-0.15, -0.1) is 0 Å². The second-order valence-corrected chi connectivity index (χ2v) is 5.26. The van der Waals surface area contributed by atoms with E-state index in [0.717, 1.165) is 17.5 Å². The fraction of sp³-hybridized carbons (Fsp3) is 0.538. The van der Waals surface area contributed by atoms with Crippen LogP contribution in [0.4, 0.5) is 4.79 Å². The minimum atomic E-state index is -0.998. The Bertz CT molecular complexity index is 445. The Morgan fingerprint density at radius 1 is 1.47 bits per heavy atom. The van der Waals surface area contributed by atoms with Crippen LogP contribution in [0.15, 0.2) is 10.8 Å². The number of urea groups is 1. The quantitative estimate of drug-likeness (QED) is 0.843. The van der Waals surface area contributed by atoms with Crippen LogP contribution in [0.3, 0.4) is 0 Å². The van der Waals surface area contributed by atoms with E-state index >= 15 is 0 Å². The summed E-state index contributed by atoms with van der Waals surface area (Å²) in [5, 5.41) is 15.6. The van der Waals surface area contributed by atoms with E-state index in [0.29, 0.717) is 6.54 Å². The number of carboxylic acids is 1.